The number of ether oxygens (including phenoxy) is 1. The number of hydrogen-bond donors (Lipinski definition) is 1. The van der Waals surface area contributed by atoms with Crippen molar-refractivity contribution in [3.63, 3.8) is 0 Å². The monoisotopic (exact) mass is 446 g/mol. The highest BCUT2D eigenvalue weighted by Gasteiger charge is 2.40. The second kappa shape index (κ2) is 9.86. The number of hydrogen-bond acceptors (Lipinski definition) is 3. The highest BCUT2D eigenvalue weighted by molar-refractivity contribution is 5.95. The van der Waals surface area contributed by atoms with Crippen LogP contribution in [0.1, 0.15) is 33.0 Å². The van der Waals surface area contributed by atoms with Gasteiger partial charge in [-0.3, -0.25) is 9.59 Å². The van der Waals surface area contributed by atoms with E-state index in [1.165, 1.54) is 12.1 Å². The van der Waals surface area contributed by atoms with Gasteiger partial charge in [0.05, 0.1) is 13.0 Å². The van der Waals surface area contributed by atoms with Gasteiger partial charge in [0.15, 0.2) is 0 Å². The van der Waals surface area contributed by atoms with Gasteiger partial charge in [-0.1, -0.05) is 42.0 Å². The van der Waals surface area contributed by atoms with Crippen LogP contribution >= 0.6 is 0 Å². The molecule has 1 fully saturated rings. The predicted molar refractivity (Wildman–Crippen MR) is 125 cm³/mol. The summed E-state index contributed by atoms with van der Waals surface area (Å²) in [5.41, 5.74) is 3.56. The van der Waals surface area contributed by atoms with Gasteiger partial charge in [-0.05, 0) is 54.4 Å². The summed E-state index contributed by atoms with van der Waals surface area (Å²) in [6.07, 6.45) is 0. The molecule has 1 N–H and O–H groups in total. The van der Waals surface area contributed by atoms with Crippen molar-refractivity contribution in [1.29, 1.82) is 0 Å². The third-order valence-electron chi connectivity index (χ3n) is 6.17. The molecule has 0 bridgehead atoms. The predicted octanol–water partition coefficient (Wildman–Crippen LogP) is 4.31. The summed E-state index contributed by atoms with van der Waals surface area (Å²) in [6, 6.07) is 21.2. The van der Waals surface area contributed by atoms with Gasteiger partial charge >= 0.3 is 0 Å². The minimum atomic E-state index is -0.379. The summed E-state index contributed by atoms with van der Waals surface area (Å²) in [4.78, 5) is 28.1. The summed E-state index contributed by atoms with van der Waals surface area (Å²) in [7, 11) is 1.58. The maximum absolute atomic E-state index is 13.2. The Bertz CT molecular complexity index is 1110. The van der Waals surface area contributed by atoms with Crippen molar-refractivity contribution >= 4 is 11.8 Å². The molecule has 2 atom stereocenters. The lowest BCUT2D eigenvalue weighted by Gasteiger charge is -2.18. The van der Waals surface area contributed by atoms with Gasteiger partial charge in [0.25, 0.3) is 5.91 Å². The summed E-state index contributed by atoms with van der Waals surface area (Å²) >= 11 is 0. The van der Waals surface area contributed by atoms with Gasteiger partial charge < -0.3 is 15.0 Å². The number of methoxy groups -OCH3 is 1. The molecule has 0 radical (unpaired) electrons. The summed E-state index contributed by atoms with van der Waals surface area (Å²) in [6.45, 7) is 3.12. The molecule has 0 unspecified atom stereocenters. The van der Waals surface area contributed by atoms with Crippen LogP contribution < -0.4 is 10.1 Å². The van der Waals surface area contributed by atoms with E-state index in [4.69, 9.17) is 4.74 Å². The van der Waals surface area contributed by atoms with Crippen molar-refractivity contribution < 1.29 is 18.7 Å². The van der Waals surface area contributed by atoms with Gasteiger partial charge in [-0.15, -0.1) is 0 Å². The van der Waals surface area contributed by atoms with Crippen LogP contribution in [-0.4, -0.2) is 36.9 Å². The van der Waals surface area contributed by atoms with Crippen molar-refractivity contribution in [3.8, 4) is 5.75 Å². The molecule has 3 aromatic carbocycles. The number of nitrogens with zero attached hydrogens (tertiary/aromatic N) is 1. The summed E-state index contributed by atoms with van der Waals surface area (Å²) < 4.78 is 18.3. The van der Waals surface area contributed by atoms with Gasteiger partial charge in [0.2, 0.25) is 5.91 Å². The van der Waals surface area contributed by atoms with E-state index in [0.29, 0.717) is 30.9 Å². The third kappa shape index (κ3) is 5.22. The zero-order valence-corrected chi connectivity index (χ0v) is 18.8. The standard InChI is InChI=1S/C27H27FN2O3/c1-18-3-7-20(8-4-18)24-16-30(27(32)21-9-13-23(33-2)14-10-21)17-25(24)26(31)29-15-19-5-11-22(28)12-6-19/h3-14,24-25H,15-17H2,1-2H3,(H,29,31)/t24-,25-/m0/s1. The van der Waals surface area contributed by atoms with Crippen molar-refractivity contribution in [3.05, 3.63) is 101 Å². The molecular weight excluding hydrogens is 419 g/mol. The fourth-order valence-electron chi connectivity index (χ4n) is 4.23. The topological polar surface area (TPSA) is 58.6 Å². The first kappa shape index (κ1) is 22.5. The lowest BCUT2D eigenvalue weighted by Crippen LogP contribution is -2.35. The van der Waals surface area contributed by atoms with Crippen molar-refractivity contribution in [2.24, 2.45) is 5.92 Å². The highest BCUT2D eigenvalue weighted by atomic mass is 19.1. The molecule has 1 saturated heterocycles. The second-order valence-electron chi connectivity index (χ2n) is 8.41. The normalized spacial score (nSPS) is 17.6. The maximum Gasteiger partial charge on any atom is 0.253 e. The molecule has 5 nitrogen and oxygen atoms in total. The summed E-state index contributed by atoms with van der Waals surface area (Å²) in [5.74, 6) is -0.341. The maximum atomic E-state index is 13.2. The highest BCUT2D eigenvalue weighted by Crippen LogP contribution is 2.34. The van der Waals surface area contributed by atoms with Crippen molar-refractivity contribution in [2.75, 3.05) is 20.2 Å². The van der Waals surface area contributed by atoms with Gasteiger partial charge in [-0.25, -0.2) is 4.39 Å². The number of nitrogens with one attached hydrogen (secondary N) is 1. The molecule has 1 aliphatic heterocycles. The zero-order valence-electron chi connectivity index (χ0n) is 18.8. The Hall–Kier alpha value is -3.67. The molecule has 0 aliphatic carbocycles. The van der Waals surface area contributed by atoms with Crippen LogP contribution in [-0.2, 0) is 11.3 Å². The van der Waals surface area contributed by atoms with Crippen LogP contribution in [0, 0.1) is 18.7 Å². The van der Waals surface area contributed by atoms with Crippen molar-refractivity contribution in [1.82, 2.24) is 10.2 Å². The van der Waals surface area contributed by atoms with Crippen molar-refractivity contribution in [2.45, 2.75) is 19.4 Å². The first-order valence-corrected chi connectivity index (χ1v) is 11.0. The fraction of sp³-hybridized carbons (Fsp3) is 0.259. The Morgan fingerprint density at radius 3 is 2.27 bits per heavy atom. The first-order chi connectivity index (χ1) is 15.9. The zero-order chi connectivity index (χ0) is 23.4. The molecule has 33 heavy (non-hydrogen) atoms. The average molecular weight is 447 g/mol. The minimum Gasteiger partial charge on any atom is -0.497 e. The van der Waals surface area contributed by atoms with Gasteiger partial charge in [0, 0.05) is 31.1 Å². The number of amides is 2. The Labute approximate surface area is 193 Å². The van der Waals surface area contributed by atoms with Crippen LogP contribution in [0.2, 0.25) is 0 Å². The smallest absolute Gasteiger partial charge is 0.253 e. The molecule has 1 aliphatic rings. The average Bonchev–Trinajstić information content (AvgIpc) is 3.29. The molecule has 170 valence electrons. The number of likely N-dealkylation sites (tertiary alicyclic amines) is 1. The lowest BCUT2D eigenvalue weighted by atomic mass is 9.88. The Kier molecular flexibility index (Phi) is 6.73. The van der Waals surface area contributed by atoms with E-state index in [1.54, 1.807) is 48.4 Å². The minimum absolute atomic E-state index is 0.108. The van der Waals surface area contributed by atoms with E-state index in [0.717, 1.165) is 16.7 Å². The Balaban J connectivity index is 1.52. The molecule has 4 rings (SSSR count). The number of aryl methyl sites for hydroxylation is 1. The van der Waals surface area contributed by atoms with Gasteiger partial charge in [0.1, 0.15) is 11.6 Å². The third-order valence-corrected chi connectivity index (χ3v) is 6.17. The largest absolute Gasteiger partial charge is 0.497 e. The number of rotatable bonds is 6. The Morgan fingerprint density at radius 2 is 1.64 bits per heavy atom. The van der Waals surface area contributed by atoms with Crippen LogP contribution in [0.15, 0.2) is 72.8 Å². The number of carbonyl (C=O) groups excluding carboxylic acids is 2. The second-order valence-corrected chi connectivity index (χ2v) is 8.41. The molecule has 0 spiro atoms. The van der Waals surface area contributed by atoms with Gasteiger partial charge in [-0.2, -0.15) is 0 Å². The van der Waals surface area contributed by atoms with Crippen LogP contribution in [0.5, 0.6) is 5.75 Å². The van der Waals surface area contributed by atoms with E-state index in [1.807, 2.05) is 31.2 Å². The number of carbonyl (C=O) groups is 2. The SMILES string of the molecule is COc1ccc(C(=O)N2C[C@H](C(=O)NCc3ccc(F)cc3)[C@H](c3ccc(C)cc3)C2)cc1. The Morgan fingerprint density at radius 1 is 0.970 bits per heavy atom. The molecular formula is C27H27FN2O3. The van der Waals surface area contributed by atoms with E-state index in [9.17, 15) is 14.0 Å². The van der Waals surface area contributed by atoms with Crippen LogP contribution in [0.25, 0.3) is 0 Å². The summed E-state index contributed by atoms with van der Waals surface area (Å²) in [5, 5.41) is 2.97. The van der Waals surface area contributed by atoms with E-state index in [2.05, 4.69) is 5.32 Å². The molecule has 6 heteroatoms. The molecule has 1 heterocycles. The fourth-order valence-corrected chi connectivity index (χ4v) is 4.23. The first-order valence-electron chi connectivity index (χ1n) is 11.0. The molecule has 3 aromatic rings. The van der Waals surface area contributed by atoms with Crippen LogP contribution in [0.4, 0.5) is 4.39 Å². The molecule has 2 amide bonds. The van der Waals surface area contributed by atoms with Crippen LogP contribution in [0.3, 0.4) is 0 Å². The number of halogens is 1. The van der Waals surface area contributed by atoms with E-state index in [-0.39, 0.29) is 29.5 Å². The van der Waals surface area contributed by atoms with E-state index < -0.39 is 0 Å². The molecule has 0 saturated carbocycles. The number of benzene rings is 3. The lowest BCUT2D eigenvalue weighted by molar-refractivity contribution is -0.125. The van der Waals surface area contributed by atoms with E-state index >= 15 is 0 Å². The quantitative estimate of drug-likeness (QED) is 0.614. The molecule has 0 aromatic heterocycles.